The molecule has 2 N–H and O–H groups in total. The lowest BCUT2D eigenvalue weighted by atomic mass is 10.0. The molecular formula is C24H32N4O5. The second-order valence-corrected chi connectivity index (χ2v) is 8.82. The first-order valence-corrected chi connectivity index (χ1v) is 10.9. The first-order chi connectivity index (χ1) is 15.6. The maximum absolute atomic E-state index is 12.0. The van der Waals surface area contributed by atoms with E-state index < -0.39 is 17.7 Å². The Morgan fingerprint density at radius 2 is 2.15 bits per heavy atom. The minimum atomic E-state index is -0.554. The monoisotopic (exact) mass is 456 g/mol. The van der Waals surface area contributed by atoms with Gasteiger partial charge in [-0.3, -0.25) is 0 Å². The van der Waals surface area contributed by atoms with Crippen LogP contribution in [0.5, 0.6) is 0 Å². The number of benzene rings is 1. The number of rotatable bonds is 5. The van der Waals surface area contributed by atoms with Gasteiger partial charge in [0.1, 0.15) is 11.4 Å². The molecule has 1 aromatic rings. The Morgan fingerprint density at radius 3 is 2.82 bits per heavy atom. The summed E-state index contributed by atoms with van der Waals surface area (Å²) < 4.78 is 16.0. The third kappa shape index (κ3) is 5.92. The molecule has 0 radical (unpaired) electrons. The number of allylic oxidation sites excluding steroid dienone is 1. The highest BCUT2D eigenvalue weighted by Crippen LogP contribution is 2.36. The number of alkyl carbamates (subject to hydrolysis) is 1. The van der Waals surface area contributed by atoms with Crippen LogP contribution in [0, 0.1) is 0 Å². The van der Waals surface area contributed by atoms with Crippen LogP contribution in [0.15, 0.2) is 41.7 Å². The molecule has 3 rings (SSSR count). The molecule has 2 aliphatic heterocycles. The summed E-state index contributed by atoms with van der Waals surface area (Å²) in [6.07, 6.45) is 0.835. The van der Waals surface area contributed by atoms with Gasteiger partial charge < -0.3 is 29.7 Å². The molecule has 1 amide bonds. The minimum Gasteiger partial charge on any atom is -0.465 e. The van der Waals surface area contributed by atoms with Crippen molar-refractivity contribution in [2.75, 3.05) is 38.7 Å². The molecule has 2 heterocycles. The van der Waals surface area contributed by atoms with Crippen molar-refractivity contribution in [3.8, 4) is 0 Å². The van der Waals surface area contributed by atoms with Gasteiger partial charge in [-0.15, -0.1) is 0 Å². The van der Waals surface area contributed by atoms with Crippen LogP contribution in [0.25, 0.3) is 5.57 Å². The first kappa shape index (κ1) is 24.3. The summed E-state index contributed by atoms with van der Waals surface area (Å²) in [6.45, 7) is 13.4. The third-order valence-electron chi connectivity index (χ3n) is 5.27. The lowest BCUT2D eigenvalue weighted by Crippen LogP contribution is -2.47. The van der Waals surface area contributed by atoms with Crippen LogP contribution in [0.4, 0.5) is 10.5 Å². The van der Waals surface area contributed by atoms with Gasteiger partial charge in [0.15, 0.2) is 0 Å². The van der Waals surface area contributed by atoms with E-state index in [1.807, 2.05) is 33.8 Å². The number of nitrogens with one attached hydrogen (secondary N) is 2. The molecule has 2 aliphatic rings. The van der Waals surface area contributed by atoms with Gasteiger partial charge in [0.05, 0.1) is 25.4 Å². The van der Waals surface area contributed by atoms with E-state index in [-0.39, 0.29) is 6.10 Å². The molecule has 0 aromatic heterocycles. The van der Waals surface area contributed by atoms with E-state index in [9.17, 15) is 9.59 Å². The summed E-state index contributed by atoms with van der Waals surface area (Å²) in [4.78, 5) is 30.6. The van der Waals surface area contributed by atoms with Crippen LogP contribution in [-0.2, 0) is 14.2 Å². The molecular weight excluding hydrogens is 424 g/mol. The number of amides is 1. The molecule has 0 spiro atoms. The number of fused-ring (bicyclic) bond motifs is 1. The number of carbonyl (C=O) groups is 2. The maximum atomic E-state index is 12.0. The number of hydrogen-bond acceptors (Lipinski definition) is 7. The number of anilines is 1. The second kappa shape index (κ2) is 10.1. The van der Waals surface area contributed by atoms with E-state index in [0.29, 0.717) is 37.6 Å². The summed E-state index contributed by atoms with van der Waals surface area (Å²) in [5.41, 5.74) is 3.57. The van der Waals surface area contributed by atoms with E-state index in [1.54, 1.807) is 12.1 Å². The Morgan fingerprint density at radius 1 is 1.39 bits per heavy atom. The topological polar surface area (TPSA) is 101 Å². The zero-order chi connectivity index (χ0) is 24.2. The Kier molecular flexibility index (Phi) is 7.43. The van der Waals surface area contributed by atoms with Crippen LogP contribution < -0.4 is 10.6 Å². The molecule has 1 unspecified atom stereocenters. The lowest BCUT2D eigenvalue weighted by Gasteiger charge is -2.36. The molecule has 1 fully saturated rings. The quantitative estimate of drug-likeness (QED) is 0.655. The fourth-order valence-corrected chi connectivity index (χ4v) is 3.80. The summed E-state index contributed by atoms with van der Waals surface area (Å²) >= 11 is 0. The van der Waals surface area contributed by atoms with Gasteiger partial charge in [0.25, 0.3) is 0 Å². The second-order valence-electron chi connectivity index (χ2n) is 8.82. The highest BCUT2D eigenvalue weighted by atomic mass is 16.6. The third-order valence-corrected chi connectivity index (χ3v) is 5.27. The number of carbonyl (C=O) groups excluding carboxylic acids is 2. The molecule has 9 nitrogen and oxygen atoms in total. The maximum Gasteiger partial charge on any atom is 0.407 e. The SMILES string of the molecule is C=C/N=C1/Nc2cc(C(=O)OC)ccc2/C1=C(/C)N1CCOC(CNC(=O)OC(C)(C)C)C1. The highest BCUT2D eigenvalue weighted by Gasteiger charge is 2.30. The molecule has 0 saturated carbocycles. The molecule has 1 aromatic carbocycles. The fourth-order valence-electron chi connectivity index (χ4n) is 3.80. The van der Waals surface area contributed by atoms with Crippen LogP contribution >= 0.6 is 0 Å². The number of methoxy groups -OCH3 is 1. The average molecular weight is 457 g/mol. The predicted octanol–water partition coefficient (Wildman–Crippen LogP) is 3.40. The highest BCUT2D eigenvalue weighted by molar-refractivity contribution is 6.35. The zero-order valence-electron chi connectivity index (χ0n) is 19.9. The standard InChI is InChI=1S/C24H32N4O5/c1-7-25-21-20(18-9-8-16(22(29)31-6)12-19(18)27-21)15(2)28-10-11-32-17(14-28)13-26-23(30)33-24(3,4)5/h7-9,12,17H,1,10-11,13-14H2,2-6H3,(H,25,27)(H,26,30)/b20-15+. The van der Waals surface area contributed by atoms with Crippen molar-refractivity contribution in [1.29, 1.82) is 0 Å². The lowest BCUT2D eigenvalue weighted by molar-refractivity contribution is -0.0172. The molecule has 0 aliphatic carbocycles. The van der Waals surface area contributed by atoms with E-state index in [4.69, 9.17) is 14.2 Å². The summed E-state index contributed by atoms with van der Waals surface area (Å²) in [5, 5.41) is 6.06. The Balaban J connectivity index is 1.80. The Bertz CT molecular complexity index is 993. The summed E-state index contributed by atoms with van der Waals surface area (Å²) in [6, 6.07) is 5.39. The van der Waals surface area contributed by atoms with E-state index >= 15 is 0 Å². The van der Waals surface area contributed by atoms with Crippen molar-refractivity contribution < 1.29 is 23.8 Å². The number of morpholine rings is 1. The van der Waals surface area contributed by atoms with Gasteiger partial charge in [-0.25, -0.2) is 14.6 Å². The largest absolute Gasteiger partial charge is 0.465 e. The van der Waals surface area contributed by atoms with Gasteiger partial charge >= 0.3 is 12.1 Å². The minimum absolute atomic E-state index is 0.183. The number of hydrogen-bond donors (Lipinski definition) is 2. The zero-order valence-corrected chi connectivity index (χ0v) is 19.9. The van der Waals surface area contributed by atoms with Crippen LogP contribution in [0.3, 0.4) is 0 Å². The fraction of sp³-hybridized carbons (Fsp3) is 0.458. The van der Waals surface area contributed by atoms with Gasteiger partial charge in [-0.05, 0) is 39.8 Å². The molecule has 178 valence electrons. The Labute approximate surface area is 194 Å². The molecule has 9 heteroatoms. The molecule has 0 bridgehead atoms. The summed E-state index contributed by atoms with van der Waals surface area (Å²) in [5.74, 6) is 0.263. The van der Waals surface area contributed by atoms with Crippen LogP contribution in [-0.4, -0.2) is 67.9 Å². The molecule has 1 atom stereocenters. The smallest absolute Gasteiger partial charge is 0.407 e. The normalized spacial score (nSPS) is 20.6. The van der Waals surface area contributed by atoms with Crippen molar-refractivity contribution in [3.63, 3.8) is 0 Å². The average Bonchev–Trinajstić information content (AvgIpc) is 3.13. The van der Waals surface area contributed by atoms with Gasteiger partial charge in [-0.1, -0.05) is 12.6 Å². The number of nitrogens with zero attached hydrogens (tertiary/aromatic N) is 2. The molecule has 1 saturated heterocycles. The van der Waals surface area contributed by atoms with Crippen molar-refractivity contribution in [1.82, 2.24) is 10.2 Å². The number of amidine groups is 1. The van der Waals surface area contributed by atoms with Crippen molar-refractivity contribution >= 4 is 29.2 Å². The van der Waals surface area contributed by atoms with Crippen molar-refractivity contribution in [3.05, 3.63) is 47.8 Å². The van der Waals surface area contributed by atoms with Gasteiger partial charge in [0, 0.05) is 48.4 Å². The Hall–Kier alpha value is -3.33. The number of esters is 1. The van der Waals surface area contributed by atoms with Crippen molar-refractivity contribution in [2.45, 2.75) is 39.4 Å². The predicted molar refractivity (Wildman–Crippen MR) is 127 cm³/mol. The molecule has 33 heavy (non-hydrogen) atoms. The van der Waals surface area contributed by atoms with Gasteiger partial charge in [0.2, 0.25) is 0 Å². The number of aliphatic imine (C=N–C) groups is 1. The number of ether oxygens (including phenoxy) is 3. The first-order valence-electron chi connectivity index (χ1n) is 10.9. The van der Waals surface area contributed by atoms with Crippen LogP contribution in [0.1, 0.15) is 43.6 Å². The van der Waals surface area contributed by atoms with Crippen LogP contribution in [0.2, 0.25) is 0 Å². The van der Waals surface area contributed by atoms with E-state index in [1.165, 1.54) is 13.3 Å². The van der Waals surface area contributed by atoms with E-state index in [0.717, 1.165) is 22.5 Å². The van der Waals surface area contributed by atoms with E-state index in [2.05, 4.69) is 27.1 Å². The summed E-state index contributed by atoms with van der Waals surface area (Å²) in [7, 11) is 1.36. The van der Waals surface area contributed by atoms with Gasteiger partial charge in [-0.2, -0.15) is 0 Å². The van der Waals surface area contributed by atoms with Crippen molar-refractivity contribution in [2.24, 2.45) is 4.99 Å².